The smallest absolute Gasteiger partial charge is 0.323 e. The van der Waals surface area contributed by atoms with Crippen molar-refractivity contribution in [3.8, 4) is 46.0 Å². The Morgan fingerprint density at radius 2 is 0.558 bits per heavy atom. The van der Waals surface area contributed by atoms with Crippen molar-refractivity contribution in [3.05, 3.63) is 92.8 Å². The first kappa shape index (κ1) is 41.3. The van der Waals surface area contributed by atoms with Crippen molar-refractivity contribution < 1.29 is 164 Å². The van der Waals surface area contributed by atoms with E-state index in [0.29, 0.717) is 19.6 Å². The van der Waals surface area contributed by atoms with E-state index in [1.54, 1.807) is 55.4 Å². The summed E-state index contributed by atoms with van der Waals surface area (Å²) in [6.45, 7) is -14.4. The summed E-state index contributed by atoms with van der Waals surface area (Å²) in [7, 11) is -8.95. The van der Waals surface area contributed by atoms with Crippen LogP contribution in [-0.4, -0.2) is 201 Å². The van der Waals surface area contributed by atoms with Crippen LogP contribution in [0.25, 0.3) is 0 Å². The fourth-order valence-corrected chi connectivity index (χ4v) is 13.5. The van der Waals surface area contributed by atoms with Gasteiger partial charge in [0.15, 0.2) is 46.0 Å². The number of carbonyl (C=O) groups excluding carboxylic acids is 4. The Bertz CT molecular complexity index is 7080. The van der Waals surface area contributed by atoms with E-state index < -0.39 is 479 Å². The van der Waals surface area contributed by atoms with Crippen molar-refractivity contribution in [1.29, 1.82) is 0 Å². The molecule has 12 rings (SSSR count). The third-order valence-corrected chi connectivity index (χ3v) is 20.2. The summed E-state index contributed by atoms with van der Waals surface area (Å²) < 4.78 is 603. The zero-order valence-corrected chi connectivity index (χ0v) is 69.5. The van der Waals surface area contributed by atoms with Crippen LogP contribution in [0.4, 0.5) is 0 Å². The molecule has 0 saturated carbocycles. The first-order valence-electron chi connectivity index (χ1n) is 70.3. The third kappa shape index (κ3) is 23.8. The van der Waals surface area contributed by atoms with Crippen LogP contribution in [0.2, 0.25) is 0 Å². The molecule has 120 heavy (non-hydrogen) atoms. The molecule has 20 atom stereocenters. The molecule has 0 aliphatic carbocycles. The molecule has 0 bridgehead atoms. The van der Waals surface area contributed by atoms with Gasteiger partial charge in [-0.15, -0.1) is 0 Å². The maximum Gasteiger partial charge on any atom is 0.323 e. The van der Waals surface area contributed by atoms with E-state index in [1.807, 2.05) is 0 Å². The Labute approximate surface area is 808 Å². The number of methoxy groups -OCH3 is 8. The molecule has 8 aliphatic heterocycles. The molecule has 8 aliphatic rings. The second kappa shape index (κ2) is 43.9. The number of benzene rings is 4. The van der Waals surface area contributed by atoms with Crippen molar-refractivity contribution in [2.75, 3.05) is 109 Å². The van der Waals surface area contributed by atoms with Gasteiger partial charge >= 0.3 is 23.9 Å². The van der Waals surface area contributed by atoms with Crippen LogP contribution in [0.15, 0.2) is 48.3 Å². The summed E-state index contributed by atoms with van der Waals surface area (Å²) in [5, 5.41) is 0. The monoisotopic (exact) mass is 1740 g/mol. The lowest BCUT2D eigenvalue weighted by Gasteiger charge is -2.47. The first-order chi connectivity index (χ1) is 81.7. The third-order valence-electron chi connectivity index (χ3n) is 20.2. The second-order valence-electron chi connectivity index (χ2n) is 30.3. The van der Waals surface area contributed by atoms with Gasteiger partial charge in [-0.2, -0.15) is 0 Å². The molecule has 672 valence electrons. The highest BCUT2D eigenvalue weighted by Crippen LogP contribution is 2.50. The minimum Gasteiger partial charge on any atom is -0.493 e. The molecule has 16 unspecified atom stereocenters. The summed E-state index contributed by atoms with van der Waals surface area (Å²) in [6.07, 6.45) is -36.4. The Kier molecular flexibility index (Phi) is 15.1. The highest BCUT2D eigenvalue weighted by Gasteiger charge is 2.47. The zero-order chi connectivity index (χ0) is 144. The second-order valence-corrected chi connectivity index (χ2v) is 30.3. The molecule has 0 spiro atoms. The van der Waals surface area contributed by atoms with Crippen LogP contribution < -0.4 is 60.8 Å². The van der Waals surface area contributed by atoms with Gasteiger partial charge in [-0.25, -0.2) is 0 Å². The van der Waals surface area contributed by atoms with Crippen LogP contribution in [0.3, 0.4) is 0 Å². The minimum atomic E-state index is -3.46. The zero-order valence-electron chi connectivity index (χ0n) is 134. The van der Waals surface area contributed by atoms with Gasteiger partial charge in [-0.05, 0) is 191 Å². The lowest BCUT2D eigenvalue weighted by molar-refractivity contribution is -0.161. The fourth-order valence-electron chi connectivity index (χ4n) is 13.5. The highest BCUT2D eigenvalue weighted by atomic mass is 16.6. The van der Waals surface area contributed by atoms with Gasteiger partial charge in [0.05, 0.1) is 89.5 Å². The summed E-state index contributed by atoms with van der Waals surface area (Å²) in [5.74, 6) is -31.6. The number of fused-ring (bicyclic) bond motifs is 12. The molecule has 0 radical (unpaired) electrons. The quantitative estimate of drug-likeness (QED) is 0.0303. The van der Waals surface area contributed by atoms with Crippen molar-refractivity contribution in [3.63, 3.8) is 0 Å². The predicted octanol–water partition coefficient (Wildman–Crippen LogP) is 14.3. The number of nitrogens with two attached hydrogens (primary N) is 4. The van der Waals surface area contributed by atoms with Crippen LogP contribution in [0, 0.1) is 70.9 Å². The van der Waals surface area contributed by atoms with Gasteiger partial charge in [0.25, 0.3) is 0 Å². The largest absolute Gasteiger partial charge is 0.493 e. The van der Waals surface area contributed by atoms with E-state index in [1.165, 1.54) is 7.11 Å². The van der Waals surface area contributed by atoms with E-state index in [-0.39, 0.29) is 11.5 Å². The summed E-state index contributed by atoms with van der Waals surface area (Å²) in [4.78, 5) is 54.6. The van der Waals surface area contributed by atoms with Gasteiger partial charge in [-0.3, -0.25) is 38.8 Å². The summed E-state index contributed by atoms with van der Waals surface area (Å²) in [6, 6.07) is -23.1. The number of carbonyl (C=O) groups is 4. The molecule has 4 aromatic rings. The average Bonchev–Trinajstić information content (AvgIpc) is 0.679. The molecular weight excluding hydrogens is 1520 g/mol. The maximum atomic E-state index is 13.2. The molecule has 4 aromatic carbocycles. The van der Waals surface area contributed by atoms with Crippen molar-refractivity contribution >= 4 is 23.9 Å². The first-order valence-corrected chi connectivity index (χ1v) is 38.3. The Morgan fingerprint density at radius 3 is 0.742 bits per heavy atom. The molecule has 4 saturated heterocycles. The van der Waals surface area contributed by atoms with Crippen LogP contribution >= 0.6 is 0 Å². The van der Waals surface area contributed by atoms with Crippen molar-refractivity contribution in [1.82, 2.24) is 19.6 Å². The van der Waals surface area contributed by atoms with Crippen LogP contribution in [0.1, 0.15) is 318 Å². The van der Waals surface area contributed by atoms with Crippen LogP contribution in [-0.2, 0) is 63.6 Å². The van der Waals surface area contributed by atoms with Crippen molar-refractivity contribution in [2.45, 2.75) is 260 Å². The topological polar surface area (TPSA) is 296 Å². The normalized spacial score (nSPS) is 41.8. The van der Waals surface area contributed by atoms with E-state index >= 15 is 0 Å². The Balaban J connectivity index is 0.000000267. The van der Waals surface area contributed by atoms with Crippen LogP contribution in [0.5, 0.6) is 46.0 Å². The molecule has 0 amide bonds. The molecule has 8 heterocycles. The van der Waals surface area contributed by atoms with E-state index in [0.717, 1.165) is 49.0 Å². The fraction of sp³-hybridized carbons (Fsp3) is 0.708. The molecule has 4 fully saturated rings. The molecule has 0 aromatic heterocycles. The standard InChI is InChI=1S/4C24H38N2O4/c4*1-14(2)9-17-13-26-8-7-16-10-21(28-5)22(29-6)11-18(16)19(26)12-20(17)30-24(27)23(25)15(3)4/h4*10-11,14-15,17,19-20,23H,7-9,12-13,25H2,1-6H3/t4*17?,19?,20?,23-/m0000/s1/i1D3,5D3,6D3,7D2,8D2,9D2,10D,11D,14D,19D;1D3,6D3,7D2,8D2,9D2,10D,11D,14D,19D;1D3,5D3,7D2,8D2,9D2,10D,11D,14D,19D;1D3,7D2,8D2,9D2,10D,11D,14D,19D/t4*14?,17?,19?,20?,23-. The van der Waals surface area contributed by atoms with Gasteiger partial charge < -0.3 is 79.8 Å². The van der Waals surface area contributed by atoms with Gasteiger partial charge in [-0.1, -0.05) is 110 Å². The summed E-state index contributed by atoms with van der Waals surface area (Å²) >= 11 is 0. The SMILES string of the molecule is [2H]c1c(OC([2H])([2H])[2H])c(OC([2H])([2H])[2H])c([2H])c2c1C1([2H])CC(OC(=O)[C@@H](N)C(C)C)C(C([2H])([2H])C([2H])(C)C([2H])([2H])[2H])CN1C([2H])([2H])C2([2H])[2H].[2H]c1c(OC([2H])([2H])[2H])c(OC)c([2H])c2c1C1([2H])CC(OC(=O)[C@@H](N)C(C)C)C(C([2H])([2H])C([2H])(C)C([2H])([2H])[2H])CN1C([2H])([2H])C2([2H])[2H].[2H]c1c(OC)c(OC([2H])([2H])[2H])c([2H])c2c1C1([2H])CC(OC(=O)[C@@H](N)C(C)C)C(C([2H])([2H])C([2H])(C)C([2H])([2H])[2H])CN1C([2H])([2H])C2([2H])[2H].[2H]c1c(OC)c(OC)c([2H])c2c1C1([2H])CC(OC(=O)[C@@H](N)C(C)C)C(C([2H])([2H])C([2H])(C)C([2H])([2H])[2H])CN1C([2H])([2H])C2([2H])[2H]. The van der Waals surface area contributed by atoms with Crippen molar-refractivity contribution in [2.24, 2.45) is 93.9 Å². The lowest BCUT2D eigenvalue weighted by atomic mass is 9.79. The number of hydrogen-bond donors (Lipinski definition) is 4. The van der Waals surface area contributed by atoms with E-state index in [2.05, 4.69) is 0 Å². The number of hydrogen-bond acceptors (Lipinski definition) is 24. The maximum absolute atomic E-state index is 13.2. The van der Waals surface area contributed by atoms with E-state index in [4.69, 9.17) is 162 Å². The van der Waals surface area contributed by atoms with Gasteiger partial charge in [0.2, 0.25) is 0 Å². The minimum absolute atomic E-state index is 0.329. The highest BCUT2D eigenvalue weighted by molar-refractivity contribution is 5.77. The Hall–Kier alpha value is -7.16. The summed E-state index contributed by atoms with van der Waals surface area (Å²) in [5.41, 5.74) is 17.6. The van der Waals surface area contributed by atoms with E-state index in [9.17, 15) is 24.7 Å². The molecule has 8 N–H and O–H groups in total. The van der Waals surface area contributed by atoms with Gasteiger partial charge in [0, 0.05) is 180 Å². The number of esters is 4. The van der Waals surface area contributed by atoms with Gasteiger partial charge in [0.1, 0.15) is 48.6 Å². The molecule has 24 heteroatoms. The molecule has 24 nitrogen and oxygen atoms in total. The number of rotatable bonds is 28. The predicted molar refractivity (Wildman–Crippen MR) is 471 cm³/mol. The number of nitrogens with zero attached hydrogens (tertiary/aromatic N) is 4. The number of piperidine rings is 4. The Morgan fingerprint density at radius 1 is 0.367 bits per heavy atom. The molecular formula is C96H152N8O16. The number of ether oxygens (including phenoxy) is 12. The average molecular weight is 1740 g/mol. The lowest BCUT2D eigenvalue weighted by Crippen LogP contribution is -2.51.